The number of ether oxygens (including phenoxy) is 1. The molecule has 0 spiro atoms. The van der Waals surface area contributed by atoms with Gasteiger partial charge in [0.25, 0.3) is 0 Å². The van der Waals surface area contributed by atoms with Gasteiger partial charge < -0.3 is 9.84 Å². The summed E-state index contributed by atoms with van der Waals surface area (Å²) in [4.78, 5) is 23.8. The zero-order chi connectivity index (χ0) is 14.7. The van der Waals surface area contributed by atoms with Gasteiger partial charge in [-0.25, -0.2) is 4.79 Å². The normalized spacial score (nSPS) is 22.2. The van der Waals surface area contributed by atoms with Gasteiger partial charge in [0, 0.05) is 5.56 Å². The van der Waals surface area contributed by atoms with Crippen LogP contribution in [-0.2, 0) is 16.0 Å². The van der Waals surface area contributed by atoms with E-state index in [1.54, 1.807) is 12.1 Å². The van der Waals surface area contributed by atoms with Crippen LogP contribution in [0, 0.1) is 0 Å². The van der Waals surface area contributed by atoms with Crippen LogP contribution >= 0.6 is 0 Å². The van der Waals surface area contributed by atoms with Crippen LogP contribution in [0.4, 0.5) is 0 Å². The van der Waals surface area contributed by atoms with Gasteiger partial charge in [-0.05, 0) is 30.4 Å². The molecule has 1 aliphatic rings. The van der Waals surface area contributed by atoms with E-state index < -0.39 is 18.2 Å². The molecule has 0 aromatic heterocycles. The molecular weight excluding hydrogens is 256 g/mol. The maximum Gasteiger partial charge on any atom is 0.335 e. The van der Waals surface area contributed by atoms with Crippen molar-refractivity contribution in [2.24, 2.45) is 0 Å². The van der Waals surface area contributed by atoms with E-state index in [-0.39, 0.29) is 12.2 Å². The molecule has 1 aromatic carbocycles. The van der Waals surface area contributed by atoms with E-state index in [0.29, 0.717) is 18.4 Å². The highest BCUT2D eigenvalue weighted by atomic mass is 16.6. The van der Waals surface area contributed by atoms with E-state index >= 15 is 0 Å². The van der Waals surface area contributed by atoms with Crippen molar-refractivity contribution in [2.45, 2.75) is 38.4 Å². The predicted molar refractivity (Wildman–Crippen MR) is 75.4 cm³/mol. The van der Waals surface area contributed by atoms with E-state index in [1.165, 1.54) is 0 Å². The molecule has 0 amide bonds. The molecule has 1 saturated heterocycles. The second-order valence-corrected chi connectivity index (χ2v) is 4.86. The van der Waals surface area contributed by atoms with E-state index in [1.807, 2.05) is 19.1 Å². The highest BCUT2D eigenvalue weighted by molar-refractivity contribution is 6.02. The average Bonchev–Trinajstić information content (AvgIpc) is 2.48. The molecule has 4 heteroatoms. The van der Waals surface area contributed by atoms with Crippen LogP contribution in [-0.4, -0.2) is 29.1 Å². The van der Waals surface area contributed by atoms with Crippen LogP contribution in [0.2, 0.25) is 0 Å². The van der Waals surface area contributed by atoms with Crippen LogP contribution in [0.3, 0.4) is 0 Å². The van der Waals surface area contributed by atoms with Gasteiger partial charge in [0.2, 0.25) is 5.78 Å². The molecule has 2 unspecified atom stereocenters. The van der Waals surface area contributed by atoms with Crippen molar-refractivity contribution in [1.82, 2.24) is 0 Å². The van der Waals surface area contributed by atoms with Crippen molar-refractivity contribution in [3.63, 3.8) is 0 Å². The summed E-state index contributed by atoms with van der Waals surface area (Å²) in [5.74, 6) is -0.909. The molecule has 0 radical (unpaired) electrons. The molecule has 1 heterocycles. The lowest BCUT2D eigenvalue weighted by molar-refractivity contribution is -0.163. The number of aliphatic hydroxyl groups is 1. The minimum absolute atomic E-state index is 0.197. The highest BCUT2D eigenvalue weighted by Crippen LogP contribution is 2.22. The monoisotopic (exact) mass is 274 g/mol. The fourth-order valence-electron chi connectivity index (χ4n) is 2.34. The Labute approximate surface area is 118 Å². The third kappa shape index (κ3) is 2.80. The average molecular weight is 274 g/mol. The van der Waals surface area contributed by atoms with Crippen molar-refractivity contribution in [1.29, 1.82) is 0 Å². The lowest BCUT2D eigenvalue weighted by Crippen LogP contribution is -2.39. The summed E-state index contributed by atoms with van der Waals surface area (Å²) in [7, 11) is 0. The molecule has 1 fully saturated rings. The Morgan fingerprint density at radius 2 is 2.25 bits per heavy atom. The summed E-state index contributed by atoms with van der Waals surface area (Å²) in [5, 5.41) is 9.32. The Morgan fingerprint density at radius 3 is 2.85 bits per heavy atom. The highest BCUT2D eigenvalue weighted by Gasteiger charge is 2.33. The molecular formula is C16H18O4. The third-order valence-corrected chi connectivity index (χ3v) is 3.54. The summed E-state index contributed by atoms with van der Waals surface area (Å²) >= 11 is 0. The van der Waals surface area contributed by atoms with Crippen LogP contribution < -0.4 is 0 Å². The van der Waals surface area contributed by atoms with Crippen LogP contribution in [0.15, 0.2) is 24.8 Å². The van der Waals surface area contributed by atoms with E-state index in [2.05, 4.69) is 6.58 Å². The fraction of sp³-hybridized carbons (Fsp3) is 0.375. The molecule has 2 atom stereocenters. The van der Waals surface area contributed by atoms with Crippen molar-refractivity contribution in [2.75, 3.05) is 0 Å². The molecule has 106 valence electrons. The van der Waals surface area contributed by atoms with Crippen LogP contribution in [0.1, 0.15) is 41.3 Å². The second kappa shape index (κ2) is 6.01. The predicted octanol–water partition coefficient (Wildman–Crippen LogP) is 2.14. The Morgan fingerprint density at radius 1 is 1.50 bits per heavy atom. The van der Waals surface area contributed by atoms with Crippen molar-refractivity contribution in [3.8, 4) is 0 Å². The zero-order valence-corrected chi connectivity index (χ0v) is 11.5. The lowest BCUT2D eigenvalue weighted by Gasteiger charge is -2.25. The molecule has 1 aromatic rings. The summed E-state index contributed by atoms with van der Waals surface area (Å²) in [6.07, 6.45) is 1.18. The molecule has 1 N–H and O–H groups in total. The first-order valence-electron chi connectivity index (χ1n) is 6.75. The smallest absolute Gasteiger partial charge is 0.335 e. The standard InChI is InChI=1S/C16H18O4/c1-3-10-5-6-12(11(4-2)9-10)15(18)14-8-7-13(17)16(19)20-14/h3,5-6,9,13-14,17H,1,4,7-8H2,2H3. The van der Waals surface area contributed by atoms with Gasteiger partial charge in [-0.1, -0.05) is 37.8 Å². The van der Waals surface area contributed by atoms with Gasteiger partial charge >= 0.3 is 5.97 Å². The summed E-state index contributed by atoms with van der Waals surface area (Å²) in [6, 6.07) is 5.48. The quantitative estimate of drug-likeness (QED) is 0.675. The van der Waals surface area contributed by atoms with E-state index in [4.69, 9.17) is 4.74 Å². The zero-order valence-electron chi connectivity index (χ0n) is 11.5. The van der Waals surface area contributed by atoms with Crippen LogP contribution in [0.25, 0.3) is 6.08 Å². The minimum atomic E-state index is -1.10. The number of esters is 1. The number of ketones is 1. The maximum atomic E-state index is 12.4. The number of aliphatic hydroxyl groups excluding tert-OH is 1. The number of benzene rings is 1. The summed E-state index contributed by atoms with van der Waals surface area (Å²) in [5.41, 5.74) is 2.44. The van der Waals surface area contributed by atoms with Crippen molar-refractivity contribution in [3.05, 3.63) is 41.5 Å². The Balaban J connectivity index is 2.25. The largest absolute Gasteiger partial charge is 0.452 e. The topological polar surface area (TPSA) is 63.6 Å². The fourth-order valence-corrected chi connectivity index (χ4v) is 2.34. The SMILES string of the molecule is C=Cc1ccc(C(=O)C2CCC(O)C(=O)O2)c(CC)c1. The first kappa shape index (κ1) is 14.5. The molecule has 20 heavy (non-hydrogen) atoms. The van der Waals surface area contributed by atoms with Crippen molar-refractivity contribution < 1.29 is 19.4 Å². The van der Waals surface area contributed by atoms with E-state index in [9.17, 15) is 14.7 Å². The Hall–Kier alpha value is -1.94. The molecule has 4 nitrogen and oxygen atoms in total. The van der Waals surface area contributed by atoms with Crippen LogP contribution in [0.5, 0.6) is 0 Å². The summed E-state index contributed by atoms with van der Waals surface area (Å²) < 4.78 is 5.01. The van der Waals surface area contributed by atoms with Gasteiger partial charge in [-0.15, -0.1) is 0 Å². The van der Waals surface area contributed by atoms with Crippen molar-refractivity contribution >= 4 is 17.8 Å². The number of Topliss-reactive ketones (excluding diaryl/α,β-unsaturated/α-hetero) is 1. The Kier molecular flexibility index (Phi) is 4.35. The number of carbonyl (C=O) groups is 2. The van der Waals surface area contributed by atoms with Gasteiger partial charge in [-0.3, -0.25) is 4.79 Å². The van der Waals surface area contributed by atoms with Gasteiger partial charge in [0.05, 0.1) is 0 Å². The number of hydrogen-bond acceptors (Lipinski definition) is 4. The second-order valence-electron chi connectivity index (χ2n) is 4.86. The minimum Gasteiger partial charge on any atom is -0.452 e. The summed E-state index contributed by atoms with van der Waals surface area (Å²) in [6.45, 7) is 5.67. The van der Waals surface area contributed by atoms with Gasteiger partial charge in [0.1, 0.15) is 0 Å². The molecule has 2 rings (SSSR count). The molecule has 1 aliphatic heterocycles. The lowest BCUT2D eigenvalue weighted by atomic mass is 9.93. The number of cyclic esters (lactones) is 1. The Bertz CT molecular complexity index is 547. The number of aryl methyl sites for hydroxylation is 1. The third-order valence-electron chi connectivity index (χ3n) is 3.54. The number of hydrogen-bond donors (Lipinski definition) is 1. The van der Waals surface area contributed by atoms with Gasteiger partial charge in [0.15, 0.2) is 12.2 Å². The van der Waals surface area contributed by atoms with Gasteiger partial charge in [-0.2, -0.15) is 0 Å². The number of rotatable bonds is 4. The molecule has 0 saturated carbocycles. The van der Waals surface area contributed by atoms with E-state index in [0.717, 1.165) is 11.1 Å². The maximum absolute atomic E-state index is 12.4. The molecule has 0 bridgehead atoms. The first-order valence-corrected chi connectivity index (χ1v) is 6.75. The number of carbonyl (C=O) groups excluding carboxylic acids is 2. The first-order chi connectivity index (χ1) is 9.56. The molecule has 0 aliphatic carbocycles.